The second-order valence-electron chi connectivity index (χ2n) is 4.04. The summed E-state index contributed by atoms with van der Waals surface area (Å²) in [5, 5.41) is 8.99. The number of aliphatic hydroxyl groups excluding tert-OH is 1. The van der Waals surface area contributed by atoms with Crippen molar-refractivity contribution < 1.29 is 14.6 Å². The Labute approximate surface area is 85.5 Å². The highest BCUT2D eigenvalue weighted by Crippen LogP contribution is 2.40. The van der Waals surface area contributed by atoms with Crippen molar-refractivity contribution in [3.63, 3.8) is 0 Å². The summed E-state index contributed by atoms with van der Waals surface area (Å²) in [4.78, 5) is 11.8. The van der Waals surface area contributed by atoms with Crippen LogP contribution in [0.5, 0.6) is 0 Å². The second kappa shape index (κ2) is 5.35. The molecule has 0 atom stereocenters. The molecule has 0 aromatic heterocycles. The van der Waals surface area contributed by atoms with Gasteiger partial charge in [-0.15, -0.1) is 0 Å². The lowest BCUT2D eigenvalue weighted by Crippen LogP contribution is -2.36. The highest BCUT2D eigenvalue weighted by molar-refractivity contribution is 5.76. The Balaban J connectivity index is 2.63. The Hall–Kier alpha value is -0.570. The molecule has 1 fully saturated rings. The summed E-state index contributed by atoms with van der Waals surface area (Å²) in [7, 11) is 0. The van der Waals surface area contributed by atoms with E-state index in [-0.39, 0.29) is 18.0 Å². The zero-order chi connectivity index (χ0) is 10.4. The first-order valence-corrected chi connectivity index (χ1v) is 5.53. The van der Waals surface area contributed by atoms with Gasteiger partial charge in [0.05, 0.1) is 12.0 Å². The first-order valence-electron chi connectivity index (χ1n) is 5.53. The molecule has 1 aliphatic rings. The minimum atomic E-state index is -0.372. The molecule has 3 heteroatoms. The molecule has 0 heterocycles. The first-order chi connectivity index (χ1) is 6.75. The second-order valence-corrected chi connectivity index (χ2v) is 4.04. The van der Waals surface area contributed by atoms with Crippen LogP contribution in [0.3, 0.4) is 0 Å². The standard InChI is InChI=1S/C11H20O3/c1-2-14-10(13)11(8-9-12)6-4-3-5-7-11/h12H,2-9H2,1H3. The number of rotatable bonds is 4. The Morgan fingerprint density at radius 3 is 2.50 bits per heavy atom. The molecule has 1 aliphatic carbocycles. The van der Waals surface area contributed by atoms with E-state index in [1.54, 1.807) is 0 Å². The number of carbonyl (C=O) groups is 1. The Morgan fingerprint density at radius 2 is 2.00 bits per heavy atom. The third kappa shape index (κ3) is 2.47. The van der Waals surface area contributed by atoms with Gasteiger partial charge in [0.2, 0.25) is 0 Å². The average Bonchev–Trinajstić information content (AvgIpc) is 2.20. The summed E-state index contributed by atoms with van der Waals surface area (Å²) in [5.74, 6) is -0.103. The van der Waals surface area contributed by atoms with Gasteiger partial charge in [0, 0.05) is 6.61 Å². The predicted octanol–water partition coefficient (Wildman–Crippen LogP) is 1.88. The molecule has 0 aliphatic heterocycles. The smallest absolute Gasteiger partial charge is 0.312 e. The van der Waals surface area contributed by atoms with Crippen LogP contribution in [-0.4, -0.2) is 24.3 Å². The SMILES string of the molecule is CCOC(=O)C1(CCO)CCCCC1. The van der Waals surface area contributed by atoms with Crippen molar-refractivity contribution in [3.8, 4) is 0 Å². The van der Waals surface area contributed by atoms with Crippen LogP contribution in [0.1, 0.15) is 45.4 Å². The van der Waals surface area contributed by atoms with Crippen LogP contribution in [-0.2, 0) is 9.53 Å². The van der Waals surface area contributed by atoms with E-state index in [4.69, 9.17) is 9.84 Å². The molecular formula is C11H20O3. The summed E-state index contributed by atoms with van der Waals surface area (Å²) >= 11 is 0. The number of ether oxygens (including phenoxy) is 1. The Bertz CT molecular complexity index is 177. The number of carbonyl (C=O) groups excluding carboxylic acids is 1. The molecular weight excluding hydrogens is 180 g/mol. The fraction of sp³-hybridized carbons (Fsp3) is 0.909. The van der Waals surface area contributed by atoms with Crippen LogP contribution in [0.25, 0.3) is 0 Å². The van der Waals surface area contributed by atoms with Crippen LogP contribution < -0.4 is 0 Å². The molecule has 0 aromatic carbocycles. The molecule has 0 saturated heterocycles. The van der Waals surface area contributed by atoms with E-state index in [0.29, 0.717) is 13.0 Å². The molecule has 1 rings (SSSR count). The van der Waals surface area contributed by atoms with Crippen LogP contribution >= 0.6 is 0 Å². The summed E-state index contributed by atoms with van der Waals surface area (Å²) in [6, 6.07) is 0. The Kier molecular flexibility index (Phi) is 4.39. The summed E-state index contributed by atoms with van der Waals surface area (Å²) in [6.45, 7) is 2.35. The van der Waals surface area contributed by atoms with Gasteiger partial charge in [-0.3, -0.25) is 4.79 Å². The summed E-state index contributed by atoms with van der Waals surface area (Å²) < 4.78 is 5.09. The maximum Gasteiger partial charge on any atom is 0.312 e. The van der Waals surface area contributed by atoms with E-state index >= 15 is 0 Å². The maximum absolute atomic E-state index is 11.8. The zero-order valence-electron chi connectivity index (χ0n) is 8.92. The van der Waals surface area contributed by atoms with Crippen LogP contribution in [0, 0.1) is 5.41 Å². The fourth-order valence-electron chi connectivity index (χ4n) is 2.28. The maximum atomic E-state index is 11.8. The van der Waals surface area contributed by atoms with Gasteiger partial charge in [0.25, 0.3) is 0 Å². The molecule has 0 aromatic rings. The fourth-order valence-corrected chi connectivity index (χ4v) is 2.28. The zero-order valence-corrected chi connectivity index (χ0v) is 8.92. The Morgan fingerprint density at radius 1 is 1.36 bits per heavy atom. The van der Waals surface area contributed by atoms with Gasteiger partial charge in [-0.1, -0.05) is 19.3 Å². The highest BCUT2D eigenvalue weighted by Gasteiger charge is 2.40. The number of esters is 1. The molecule has 0 bridgehead atoms. The summed E-state index contributed by atoms with van der Waals surface area (Å²) in [5.41, 5.74) is -0.372. The molecule has 0 spiro atoms. The minimum Gasteiger partial charge on any atom is -0.466 e. The van der Waals surface area contributed by atoms with Crippen molar-refractivity contribution in [2.24, 2.45) is 5.41 Å². The molecule has 1 N–H and O–H groups in total. The van der Waals surface area contributed by atoms with E-state index < -0.39 is 0 Å². The van der Waals surface area contributed by atoms with E-state index in [1.807, 2.05) is 6.92 Å². The van der Waals surface area contributed by atoms with Gasteiger partial charge in [0.15, 0.2) is 0 Å². The van der Waals surface area contributed by atoms with Crippen molar-refractivity contribution in [2.45, 2.75) is 45.4 Å². The predicted molar refractivity (Wildman–Crippen MR) is 53.9 cm³/mol. The monoisotopic (exact) mass is 200 g/mol. The molecule has 14 heavy (non-hydrogen) atoms. The van der Waals surface area contributed by atoms with Crippen molar-refractivity contribution in [2.75, 3.05) is 13.2 Å². The van der Waals surface area contributed by atoms with Gasteiger partial charge >= 0.3 is 5.97 Å². The van der Waals surface area contributed by atoms with Gasteiger partial charge in [0.1, 0.15) is 0 Å². The van der Waals surface area contributed by atoms with Gasteiger partial charge < -0.3 is 9.84 Å². The van der Waals surface area contributed by atoms with Crippen molar-refractivity contribution in [1.82, 2.24) is 0 Å². The third-order valence-corrected chi connectivity index (χ3v) is 3.11. The third-order valence-electron chi connectivity index (χ3n) is 3.11. The lowest BCUT2D eigenvalue weighted by molar-refractivity contribution is -0.158. The molecule has 0 radical (unpaired) electrons. The van der Waals surface area contributed by atoms with Gasteiger partial charge in [-0.25, -0.2) is 0 Å². The minimum absolute atomic E-state index is 0.0822. The summed E-state index contributed by atoms with van der Waals surface area (Å²) in [6.07, 6.45) is 5.69. The lowest BCUT2D eigenvalue weighted by Gasteiger charge is -2.34. The van der Waals surface area contributed by atoms with Crippen LogP contribution in [0.15, 0.2) is 0 Å². The number of hydrogen-bond acceptors (Lipinski definition) is 3. The van der Waals surface area contributed by atoms with Crippen LogP contribution in [0.4, 0.5) is 0 Å². The normalized spacial score (nSPS) is 20.4. The average molecular weight is 200 g/mol. The molecule has 0 unspecified atom stereocenters. The van der Waals surface area contributed by atoms with Gasteiger partial charge in [-0.05, 0) is 26.2 Å². The van der Waals surface area contributed by atoms with E-state index in [2.05, 4.69) is 0 Å². The van der Waals surface area contributed by atoms with Crippen molar-refractivity contribution in [3.05, 3.63) is 0 Å². The largest absolute Gasteiger partial charge is 0.466 e. The quantitative estimate of drug-likeness (QED) is 0.705. The van der Waals surface area contributed by atoms with E-state index in [1.165, 1.54) is 6.42 Å². The molecule has 0 amide bonds. The topological polar surface area (TPSA) is 46.5 Å². The highest BCUT2D eigenvalue weighted by atomic mass is 16.5. The van der Waals surface area contributed by atoms with E-state index in [9.17, 15) is 4.79 Å². The molecule has 1 saturated carbocycles. The van der Waals surface area contributed by atoms with E-state index in [0.717, 1.165) is 25.7 Å². The number of aliphatic hydroxyl groups is 1. The number of hydrogen-bond donors (Lipinski definition) is 1. The van der Waals surface area contributed by atoms with Gasteiger partial charge in [-0.2, -0.15) is 0 Å². The molecule has 3 nitrogen and oxygen atoms in total. The first kappa shape index (κ1) is 11.5. The molecule has 82 valence electrons. The van der Waals surface area contributed by atoms with Crippen molar-refractivity contribution >= 4 is 5.97 Å². The van der Waals surface area contributed by atoms with Crippen LogP contribution in [0.2, 0.25) is 0 Å². The van der Waals surface area contributed by atoms with Crippen molar-refractivity contribution in [1.29, 1.82) is 0 Å². The lowest BCUT2D eigenvalue weighted by atomic mass is 9.72.